The third-order valence-corrected chi connectivity index (χ3v) is 5.06. The molecule has 2 aromatic rings. The summed E-state index contributed by atoms with van der Waals surface area (Å²) in [5, 5.41) is 6.96. The Labute approximate surface area is 190 Å². The van der Waals surface area contributed by atoms with Gasteiger partial charge in [-0.05, 0) is 36.6 Å². The first kappa shape index (κ1) is 23.1. The van der Waals surface area contributed by atoms with E-state index in [-0.39, 0.29) is 24.0 Å². The highest BCUT2D eigenvalue weighted by Gasteiger charge is 2.25. The molecule has 1 saturated heterocycles. The fourth-order valence-electron chi connectivity index (χ4n) is 3.60. The summed E-state index contributed by atoms with van der Waals surface area (Å²) in [4.78, 5) is 6.74. The topological polar surface area (TPSA) is 58.1 Å². The molecule has 2 N–H and O–H groups in total. The molecule has 1 unspecified atom stereocenters. The van der Waals surface area contributed by atoms with Gasteiger partial charge in [-0.2, -0.15) is 0 Å². The number of anilines is 1. The summed E-state index contributed by atoms with van der Waals surface area (Å²) in [7, 11) is 5.24. The van der Waals surface area contributed by atoms with Gasteiger partial charge in [-0.1, -0.05) is 30.3 Å². The highest BCUT2D eigenvalue weighted by Crippen LogP contribution is 2.30. The van der Waals surface area contributed by atoms with Crippen molar-refractivity contribution < 1.29 is 9.47 Å². The molecule has 1 aliphatic heterocycles. The monoisotopic (exact) mass is 510 g/mol. The Balaban J connectivity index is 0.00000300. The molecule has 29 heavy (non-hydrogen) atoms. The zero-order chi connectivity index (χ0) is 19.8. The molecule has 0 bridgehead atoms. The number of para-hydroxylation sites is 3. The Bertz CT molecular complexity index is 800. The molecule has 1 fully saturated rings. The zero-order valence-electron chi connectivity index (χ0n) is 17.4. The molecule has 6 nitrogen and oxygen atoms in total. The quantitative estimate of drug-likeness (QED) is 0.340. The van der Waals surface area contributed by atoms with Gasteiger partial charge in [0.2, 0.25) is 0 Å². The van der Waals surface area contributed by atoms with Crippen LogP contribution in [0.2, 0.25) is 0 Å². The van der Waals surface area contributed by atoms with E-state index in [1.807, 2.05) is 37.4 Å². The highest BCUT2D eigenvalue weighted by atomic mass is 127. The Kier molecular flexibility index (Phi) is 9.37. The van der Waals surface area contributed by atoms with Crippen LogP contribution >= 0.6 is 24.0 Å². The number of nitrogens with zero attached hydrogens (tertiary/aromatic N) is 2. The van der Waals surface area contributed by atoms with Crippen molar-refractivity contribution in [2.24, 2.45) is 4.99 Å². The number of hydrogen-bond donors (Lipinski definition) is 2. The van der Waals surface area contributed by atoms with Gasteiger partial charge in [-0.3, -0.25) is 4.99 Å². The van der Waals surface area contributed by atoms with E-state index in [4.69, 9.17) is 9.47 Å². The normalized spacial score (nSPS) is 16.2. The van der Waals surface area contributed by atoms with Crippen LogP contribution < -0.4 is 25.0 Å². The average molecular weight is 510 g/mol. The summed E-state index contributed by atoms with van der Waals surface area (Å²) in [6, 6.07) is 16.6. The van der Waals surface area contributed by atoms with Crippen LogP contribution in [0.25, 0.3) is 0 Å². The molecule has 1 heterocycles. The summed E-state index contributed by atoms with van der Waals surface area (Å²) < 4.78 is 10.9. The number of nitrogens with one attached hydrogen (secondary N) is 2. The van der Waals surface area contributed by atoms with E-state index in [2.05, 4.69) is 38.7 Å². The number of ether oxygens (including phenoxy) is 2. The van der Waals surface area contributed by atoms with Gasteiger partial charge in [0, 0.05) is 32.7 Å². The summed E-state index contributed by atoms with van der Waals surface area (Å²) in [6.45, 7) is 2.72. The largest absolute Gasteiger partial charge is 0.496 e. The number of guanidine groups is 1. The van der Waals surface area contributed by atoms with Gasteiger partial charge >= 0.3 is 0 Å². The van der Waals surface area contributed by atoms with Crippen molar-refractivity contribution in [1.82, 2.24) is 10.6 Å². The zero-order valence-corrected chi connectivity index (χ0v) is 19.7. The van der Waals surface area contributed by atoms with Crippen LogP contribution in [-0.4, -0.2) is 52.9 Å². The number of methoxy groups -OCH3 is 2. The lowest BCUT2D eigenvalue weighted by atomic mass is 10.1. The molecule has 0 aromatic heterocycles. The highest BCUT2D eigenvalue weighted by molar-refractivity contribution is 14.0. The second kappa shape index (κ2) is 11.7. The number of rotatable bonds is 7. The van der Waals surface area contributed by atoms with Crippen molar-refractivity contribution >= 4 is 35.6 Å². The van der Waals surface area contributed by atoms with Gasteiger partial charge in [0.25, 0.3) is 0 Å². The molecular formula is C22H31IN4O2. The van der Waals surface area contributed by atoms with Crippen LogP contribution in [0.1, 0.15) is 12.0 Å². The van der Waals surface area contributed by atoms with Gasteiger partial charge in [0.1, 0.15) is 11.5 Å². The third kappa shape index (κ3) is 6.16. The van der Waals surface area contributed by atoms with E-state index in [1.54, 1.807) is 14.2 Å². The SMILES string of the molecule is CN=C(NCCc1ccccc1OC)NC1CCN(c2ccccc2OC)C1.I. The average Bonchev–Trinajstić information content (AvgIpc) is 3.21. The van der Waals surface area contributed by atoms with E-state index < -0.39 is 0 Å². The van der Waals surface area contributed by atoms with Gasteiger partial charge in [0.05, 0.1) is 19.9 Å². The van der Waals surface area contributed by atoms with Crippen molar-refractivity contribution in [3.8, 4) is 11.5 Å². The maximum absolute atomic E-state index is 5.50. The van der Waals surface area contributed by atoms with Crippen LogP contribution in [0.15, 0.2) is 53.5 Å². The first-order chi connectivity index (χ1) is 13.7. The second-order valence-electron chi connectivity index (χ2n) is 6.81. The molecule has 0 saturated carbocycles. The summed E-state index contributed by atoms with van der Waals surface area (Å²) in [5.41, 5.74) is 2.34. The van der Waals surface area contributed by atoms with Gasteiger partial charge in [-0.15, -0.1) is 24.0 Å². The van der Waals surface area contributed by atoms with Crippen LogP contribution in [0, 0.1) is 0 Å². The van der Waals surface area contributed by atoms with Gasteiger partial charge < -0.3 is 25.0 Å². The van der Waals surface area contributed by atoms with Crippen molar-refractivity contribution in [3.63, 3.8) is 0 Å². The Morgan fingerprint density at radius 1 is 1.07 bits per heavy atom. The lowest BCUT2D eigenvalue weighted by Gasteiger charge is -2.22. The molecule has 1 aliphatic rings. The molecule has 2 aromatic carbocycles. The predicted octanol–water partition coefficient (Wildman–Crippen LogP) is 3.31. The minimum Gasteiger partial charge on any atom is -0.496 e. The van der Waals surface area contributed by atoms with Gasteiger partial charge in [-0.25, -0.2) is 0 Å². The standard InChI is InChI=1S/C22H30N4O2.HI/c1-23-22(24-14-12-17-8-4-6-10-20(17)27-2)25-18-13-15-26(16-18)19-9-5-7-11-21(19)28-3;/h4-11,18H,12-16H2,1-3H3,(H2,23,24,25);1H. The molecule has 1 atom stereocenters. The second-order valence-corrected chi connectivity index (χ2v) is 6.81. The van der Waals surface area contributed by atoms with Gasteiger partial charge in [0.15, 0.2) is 5.96 Å². The third-order valence-electron chi connectivity index (χ3n) is 5.06. The van der Waals surface area contributed by atoms with Crippen molar-refractivity contribution in [2.75, 3.05) is 45.8 Å². The summed E-state index contributed by atoms with van der Waals surface area (Å²) in [6.07, 6.45) is 1.94. The van der Waals surface area contributed by atoms with E-state index in [9.17, 15) is 0 Å². The molecular weight excluding hydrogens is 479 g/mol. The molecule has 0 radical (unpaired) electrons. The van der Waals surface area contributed by atoms with Crippen molar-refractivity contribution in [2.45, 2.75) is 18.9 Å². The fourth-order valence-corrected chi connectivity index (χ4v) is 3.60. The fraction of sp³-hybridized carbons (Fsp3) is 0.409. The smallest absolute Gasteiger partial charge is 0.191 e. The van der Waals surface area contributed by atoms with E-state index in [1.165, 1.54) is 5.56 Å². The maximum atomic E-state index is 5.50. The number of benzene rings is 2. The maximum Gasteiger partial charge on any atom is 0.191 e. The van der Waals surface area contributed by atoms with Crippen LogP contribution in [-0.2, 0) is 6.42 Å². The van der Waals surface area contributed by atoms with E-state index in [0.717, 1.165) is 55.6 Å². The molecule has 158 valence electrons. The predicted molar refractivity (Wildman–Crippen MR) is 130 cm³/mol. The summed E-state index contributed by atoms with van der Waals surface area (Å²) >= 11 is 0. The minimum absolute atomic E-state index is 0. The lowest BCUT2D eigenvalue weighted by molar-refractivity contribution is 0.409. The molecule has 0 spiro atoms. The lowest BCUT2D eigenvalue weighted by Crippen LogP contribution is -2.45. The molecule has 3 rings (SSSR count). The Morgan fingerprint density at radius 2 is 1.76 bits per heavy atom. The van der Waals surface area contributed by atoms with Crippen LogP contribution in [0.4, 0.5) is 5.69 Å². The Hall–Kier alpha value is -2.16. The van der Waals surface area contributed by atoms with Crippen molar-refractivity contribution in [3.05, 3.63) is 54.1 Å². The molecule has 7 heteroatoms. The molecule has 0 aliphatic carbocycles. The first-order valence-electron chi connectivity index (χ1n) is 9.72. The van der Waals surface area contributed by atoms with Crippen LogP contribution in [0.5, 0.6) is 11.5 Å². The Morgan fingerprint density at radius 3 is 2.48 bits per heavy atom. The van der Waals surface area contributed by atoms with Crippen LogP contribution in [0.3, 0.4) is 0 Å². The van der Waals surface area contributed by atoms with Crippen molar-refractivity contribution in [1.29, 1.82) is 0 Å². The number of hydrogen-bond acceptors (Lipinski definition) is 4. The van der Waals surface area contributed by atoms with E-state index >= 15 is 0 Å². The number of halogens is 1. The summed E-state index contributed by atoms with van der Waals surface area (Å²) in [5.74, 6) is 2.68. The first-order valence-corrected chi connectivity index (χ1v) is 9.72. The minimum atomic E-state index is 0. The number of aliphatic imine (C=N–C) groups is 1. The van der Waals surface area contributed by atoms with E-state index in [0.29, 0.717) is 6.04 Å². The molecule has 0 amide bonds.